The largest absolute Gasteiger partial charge is 0.481 e. The highest BCUT2D eigenvalue weighted by Gasteiger charge is 2.36. The van der Waals surface area contributed by atoms with Gasteiger partial charge in [0.05, 0.1) is 16.8 Å². The van der Waals surface area contributed by atoms with Gasteiger partial charge in [-0.3, -0.25) is 14.4 Å². The zero-order chi connectivity index (χ0) is 31.3. The van der Waals surface area contributed by atoms with E-state index in [1.165, 1.54) is 6.07 Å². The fraction of sp³-hybridized carbons (Fsp3) is 0.571. The first-order valence-electron chi connectivity index (χ1n) is 13.3. The number of amides is 3. The average molecular weight is 576 g/mol. The number of hydrogen-bond donors (Lipinski definition) is 5. The molecule has 1 heterocycles. The summed E-state index contributed by atoms with van der Waals surface area (Å²) in [5, 5.41) is 20.6. The van der Waals surface area contributed by atoms with E-state index in [1.807, 2.05) is 13.8 Å². The summed E-state index contributed by atoms with van der Waals surface area (Å²) in [6.45, 7) is 15.1. The van der Waals surface area contributed by atoms with Crippen molar-refractivity contribution in [1.82, 2.24) is 15.6 Å². The molecular weight excluding hydrogens is 534 g/mol. The van der Waals surface area contributed by atoms with E-state index in [9.17, 15) is 29.1 Å². The molecule has 2 atom stereocenters. The van der Waals surface area contributed by atoms with Gasteiger partial charge in [-0.25, -0.2) is 9.59 Å². The number of carbonyl (C=O) groups is 4. The fourth-order valence-electron chi connectivity index (χ4n) is 4.01. The Labute approximate surface area is 238 Å². The standard InChI is InChI=1S/C28H41N5O8/c1-14(2)30-25-33-18-11-16(10-15(3)21(18)24(38)40-25)31-22(35)19(12-17(23(36)37)27(4,5)6)32-20(34)13-29-26(39)41-28(7,8)9/h10-11,14,17,19H,12-13H2,1-9H3,(H,29,39)(H,30,33)(H,31,35)(H,32,34)(H,36,37)/t17?,19-/m0/s1. The molecule has 41 heavy (non-hydrogen) atoms. The van der Waals surface area contributed by atoms with Crippen LogP contribution in [0.4, 0.5) is 16.5 Å². The lowest BCUT2D eigenvalue weighted by molar-refractivity contribution is -0.146. The molecule has 5 N–H and O–H groups in total. The second-order valence-corrected chi connectivity index (χ2v) is 12.3. The van der Waals surface area contributed by atoms with Gasteiger partial charge in [0.1, 0.15) is 18.2 Å². The van der Waals surface area contributed by atoms with Crippen molar-refractivity contribution in [3.63, 3.8) is 0 Å². The monoisotopic (exact) mass is 575 g/mol. The van der Waals surface area contributed by atoms with E-state index >= 15 is 0 Å². The number of benzene rings is 1. The second kappa shape index (κ2) is 13.0. The van der Waals surface area contributed by atoms with E-state index in [0.29, 0.717) is 5.56 Å². The Bertz CT molecular complexity index is 1350. The van der Waals surface area contributed by atoms with E-state index in [-0.39, 0.29) is 35.1 Å². The van der Waals surface area contributed by atoms with Gasteiger partial charge < -0.3 is 35.5 Å². The number of aryl methyl sites for hydroxylation is 1. The summed E-state index contributed by atoms with van der Waals surface area (Å²) < 4.78 is 10.4. The second-order valence-electron chi connectivity index (χ2n) is 12.3. The van der Waals surface area contributed by atoms with Crippen LogP contribution in [0, 0.1) is 18.3 Å². The molecule has 1 aromatic carbocycles. The summed E-state index contributed by atoms with van der Waals surface area (Å²) in [5.41, 5.74) is -1.05. The highest BCUT2D eigenvalue weighted by molar-refractivity contribution is 5.99. The third kappa shape index (κ3) is 10.1. The molecule has 0 radical (unpaired) electrons. The number of fused-ring (bicyclic) bond motifs is 1. The molecule has 0 bridgehead atoms. The van der Waals surface area contributed by atoms with Crippen LogP contribution in [0.5, 0.6) is 0 Å². The van der Waals surface area contributed by atoms with Gasteiger partial charge in [0, 0.05) is 11.7 Å². The Balaban J connectivity index is 2.35. The molecule has 0 aliphatic heterocycles. The van der Waals surface area contributed by atoms with Crippen LogP contribution in [0.25, 0.3) is 10.9 Å². The number of carboxylic acid groups (broad SMARTS) is 1. The van der Waals surface area contributed by atoms with Crippen molar-refractivity contribution in [2.45, 2.75) is 86.4 Å². The number of aliphatic carboxylic acids is 1. The van der Waals surface area contributed by atoms with Crippen LogP contribution in [0.2, 0.25) is 0 Å². The molecular formula is C28H41N5O8. The molecule has 0 fully saturated rings. The third-order valence-electron chi connectivity index (χ3n) is 5.87. The van der Waals surface area contributed by atoms with Crippen molar-refractivity contribution in [2.75, 3.05) is 17.2 Å². The zero-order valence-electron chi connectivity index (χ0n) is 25.1. The molecule has 0 saturated heterocycles. The zero-order valence-corrected chi connectivity index (χ0v) is 25.1. The molecule has 2 aromatic rings. The van der Waals surface area contributed by atoms with Crippen LogP contribution < -0.4 is 26.9 Å². The minimum Gasteiger partial charge on any atom is -0.481 e. The van der Waals surface area contributed by atoms with Crippen molar-refractivity contribution >= 4 is 46.5 Å². The molecule has 13 nitrogen and oxygen atoms in total. The third-order valence-corrected chi connectivity index (χ3v) is 5.87. The van der Waals surface area contributed by atoms with Crippen molar-refractivity contribution in [3.8, 4) is 0 Å². The van der Waals surface area contributed by atoms with Crippen LogP contribution in [0.3, 0.4) is 0 Å². The summed E-state index contributed by atoms with van der Waals surface area (Å²) in [4.78, 5) is 67.1. The fourth-order valence-corrected chi connectivity index (χ4v) is 4.01. The Kier molecular flexibility index (Phi) is 10.5. The first-order chi connectivity index (χ1) is 18.8. The van der Waals surface area contributed by atoms with Crippen LogP contribution in [0.1, 0.15) is 67.4 Å². The van der Waals surface area contributed by atoms with Crippen LogP contribution in [-0.4, -0.2) is 58.2 Å². The smallest absolute Gasteiger partial charge is 0.408 e. The van der Waals surface area contributed by atoms with Crippen molar-refractivity contribution in [2.24, 2.45) is 11.3 Å². The van der Waals surface area contributed by atoms with Crippen LogP contribution in [-0.2, 0) is 19.1 Å². The Morgan fingerprint density at radius 3 is 2.24 bits per heavy atom. The number of nitrogens with zero attached hydrogens (tertiary/aromatic N) is 1. The Morgan fingerprint density at radius 2 is 1.71 bits per heavy atom. The number of alkyl carbamates (subject to hydrolysis) is 1. The molecule has 3 amide bonds. The predicted octanol–water partition coefficient (Wildman–Crippen LogP) is 3.40. The summed E-state index contributed by atoms with van der Waals surface area (Å²) >= 11 is 0. The maximum atomic E-state index is 13.4. The van der Waals surface area contributed by atoms with Crippen LogP contribution >= 0.6 is 0 Å². The Morgan fingerprint density at radius 1 is 1.07 bits per heavy atom. The van der Waals surface area contributed by atoms with E-state index in [2.05, 4.69) is 26.3 Å². The number of carbonyl (C=O) groups excluding carboxylic acids is 3. The number of aromatic nitrogens is 1. The maximum Gasteiger partial charge on any atom is 0.408 e. The quantitative estimate of drug-likeness (QED) is 0.281. The summed E-state index contributed by atoms with van der Waals surface area (Å²) in [7, 11) is 0. The molecule has 1 aromatic heterocycles. The van der Waals surface area contributed by atoms with Gasteiger partial charge in [0.2, 0.25) is 11.8 Å². The SMILES string of the molecule is Cc1cc(NC(=O)[C@H](CC(C(=O)O)C(C)(C)C)NC(=O)CNC(=O)OC(C)(C)C)cc2nc(NC(C)C)oc(=O)c12. The van der Waals surface area contributed by atoms with Crippen molar-refractivity contribution in [1.29, 1.82) is 0 Å². The van der Waals surface area contributed by atoms with Gasteiger partial charge in [-0.1, -0.05) is 20.8 Å². The summed E-state index contributed by atoms with van der Waals surface area (Å²) in [6.07, 6.45) is -1.04. The molecule has 0 aliphatic carbocycles. The van der Waals surface area contributed by atoms with Crippen molar-refractivity contribution in [3.05, 3.63) is 28.1 Å². The molecule has 0 saturated carbocycles. The van der Waals surface area contributed by atoms with E-state index in [0.717, 1.165) is 0 Å². The summed E-state index contributed by atoms with van der Waals surface area (Å²) in [6, 6.07) is 1.75. The number of carboxylic acids is 1. The van der Waals surface area contributed by atoms with E-state index < -0.39 is 59.0 Å². The number of hydrogen-bond acceptors (Lipinski definition) is 9. The molecule has 13 heteroatoms. The van der Waals surface area contributed by atoms with Gasteiger partial charge in [0.25, 0.3) is 6.01 Å². The minimum atomic E-state index is -1.27. The topological polar surface area (TPSA) is 189 Å². The number of ether oxygens (including phenoxy) is 1. The van der Waals surface area contributed by atoms with Gasteiger partial charge in [-0.2, -0.15) is 4.98 Å². The molecule has 0 spiro atoms. The van der Waals surface area contributed by atoms with Gasteiger partial charge in [-0.05, 0) is 71.1 Å². The predicted molar refractivity (Wildman–Crippen MR) is 154 cm³/mol. The average Bonchev–Trinajstić information content (AvgIpc) is 2.77. The first kappa shape index (κ1) is 33.0. The molecule has 1 unspecified atom stereocenters. The Hall–Kier alpha value is -4.16. The van der Waals surface area contributed by atoms with E-state index in [1.54, 1.807) is 54.5 Å². The van der Waals surface area contributed by atoms with Gasteiger partial charge in [0.15, 0.2) is 0 Å². The van der Waals surface area contributed by atoms with Gasteiger partial charge >= 0.3 is 17.7 Å². The van der Waals surface area contributed by atoms with Crippen LogP contribution in [0.15, 0.2) is 21.3 Å². The number of anilines is 2. The lowest BCUT2D eigenvalue weighted by Crippen LogP contribution is -2.50. The molecule has 226 valence electrons. The molecule has 0 aliphatic rings. The lowest BCUT2D eigenvalue weighted by Gasteiger charge is -2.30. The van der Waals surface area contributed by atoms with Gasteiger partial charge in [-0.15, -0.1) is 0 Å². The first-order valence-corrected chi connectivity index (χ1v) is 13.3. The normalized spacial score (nSPS) is 13.3. The maximum absolute atomic E-state index is 13.4. The van der Waals surface area contributed by atoms with E-state index in [4.69, 9.17) is 9.15 Å². The lowest BCUT2D eigenvalue weighted by atomic mass is 9.77. The minimum absolute atomic E-state index is 0.0254. The summed E-state index contributed by atoms with van der Waals surface area (Å²) in [5.74, 6) is -3.52. The number of nitrogens with one attached hydrogen (secondary N) is 4. The number of rotatable bonds is 10. The van der Waals surface area contributed by atoms with Crippen molar-refractivity contribution < 1.29 is 33.4 Å². The highest BCUT2D eigenvalue weighted by Crippen LogP contribution is 2.30. The molecule has 2 rings (SSSR count). The highest BCUT2D eigenvalue weighted by atomic mass is 16.6.